The second kappa shape index (κ2) is 11.4. The lowest BCUT2D eigenvalue weighted by atomic mass is 10.2. The molecule has 1 N–H and O–H groups in total. The molecule has 0 aliphatic carbocycles. The van der Waals surface area contributed by atoms with Crippen molar-refractivity contribution < 1.29 is 18.9 Å². The van der Waals surface area contributed by atoms with E-state index in [0.717, 1.165) is 44.4 Å². The molecule has 1 aromatic rings. The van der Waals surface area contributed by atoms with Crippen LogP contribution >= 0.6 is 0 Å². The summed E-state index contributed by atoms with van der Waals surface area (Å²) in [6.45, 7) is 3.98. The van der Waals surface area contributed by atoms with E-state index in [1.54, 1.807) is 25.9 Å². The van der Waals surface area contributed by atoms with Crippen LogP contribution in [-0.4, -0.2) is 62.8 Å². The molecule has 0 bridgehead atoms. The molecule has 1 fully saturated rings. The number of anilines is 1. The van der Waals surface area contributed by atoms with Crippen molar-refractivity contribution in [2.45, 2.75) is 57.5 Å². The molecule has 8 heteroatoms. The Hall–Kier alpha value is -1.48. The first-order valence-corrected chi connectivity index (χ1v) is 9.60. The second-order valence-corrected chi connectivity index (χ2v) is 6.89. The van der Waals surface area contributed by atoms with Crippen molar-refractivity contribution in [3.8, 4) is 0 Å². The lowest BCUT2D eigenvalue weighted by Gasteiger charge is -2.17. The van der Waals surface area contributed by atoms with E-state index in [2.05, 4.69) is 10.3 Å². The molecule has 2 heterocycles. The van der Waals surface area contributed by atoms with Gasteiger partial charge >= 0.3 is 5.69 Å². The summed E-state index contributed by atoms with van der Waals surface area (Å²) < 4.78 is 23.2. The largest absolute Gasteiger partial charge is 0.385 e. The molecule has 8 nitrogen and oxygen atoms in total. The average Bonchev–Trinajstić information content (AvgIpc) is 3.06. The van der Waals surface area contributed by atoms with Crippen LogP contribution in [0.2, 0.25) is 0 Å². The molecule has 3 unspecified atom stereocenters. The van der Waals surface area contributed by atoms with E-state index in [1.807, 2.05) is 13.1 Å². The van der Waals surface area contributed by atoms with Crippen molar-refractivity contribution in [3.63, 3.8) is 0 Å². The van der Waals surface area contributed by atoms with E-state index >= 15 is 0 Å². The number of nitrogens with zero attached hydrogens (tertiary/aromatic N) is 2. The number of ether oxygens (including phenoxy) is 4. The van der Waals surface area contributed by atoms with Crippen LogP contribution in [0.25, 0.3) is 0 Å². The van der Waals surface area contributed by atoms with Gasteiger partial charge in [0.15, 0.2) is 0 Å². The van der Waals surface area contributed by atoms with Gasteiger partial charge in [-0.1, -0.05) is 12.8 Å². The Morgan fingerprint density at radius 1 is 1.22 bits per heavy atom. The minimum Gasteiger partial charge on any atom is -0.385 e. The van der Waals surface area contributed by atoms with Crippen molar-refractivity contribution in [1.29, 1.82) is 0 Å². The average molecular weight is 383 g/mol. The Kier molecular flexibility index (Phi) is 9.20. The van der Waals surface area contributed by atoms with Crippen LogP contribution in [0.1, 0.15) is 43.9 Å². The Balaban J connectivity index is 1.91. The van der Waals surface area contributed by atoms with Crippen LogP contribution in [0, 0.1) is 6.92 Å². The zero-order valence-corrected chi connectivity index (χ0v) is 16.9. The lowest BCUT2D eigenvalue weighted by molar-refractivity contribution is -0.0618. The quantitative estimate of drug-likeness (QED) is 0.554. The van der Waals surface area contributed by atoms with E-state index in [9.17, 15) is 4.79 Å². The predicted molar refractivity (Wildman–Crippen MR) is 103 cm³/mol. The van der Waals surface area contributed by atoms with Crippen LogP contribution in [0.4, 0.5) is 5.82 Å². The third-order valence-corrected chi connectivity index (χ3v) is 4.83. The normalized spacial score (nSPS) is 22.3. The number of aryl methyl sites for hydroxylation is 1. The fraction of sp³-hybridized carbons (Fsp3) is 0.789. The summed E-state index contributed by atoms with van der Waals surface area (Å²) in [5, 5.41) is 3.27. The SMILES string of the molecule is COCCCCCCNc1nc(=O)n(C2CC(OC)C(COC)O2)cc1C. The third-order valence-electron chi connectivity index (χ3n) is 4.83. The van der Waals surface area contributed by atoms with Gasteiger partial charge in [-0.05, 0) is 19.8 Å². The van der Waals surface area contributed by atoms with Gasteiger partial charge in [0.2, 0.25) is 0 Å². The van der Waals surface area contributed by atoms with E-state index in [0.29, 0.717) is 18.8 Å². The van der Waals surface area contributed by atoms with Gasteiger partial charge < -0.3 is 24.3 Å². The van der Waals surface area contributed by atoms with Crippen LogP contribution in [0.3, 0.4) is 0 Å². The fourth-order valence-corrected chi connectivity index (χ4v) is 3.32. The number of methoxy groups -OCH3 is 3. The van der Waals surface area contributed by atoms with Gasteiger partial charge in [-0.25, -0.2) is 4.79 Å². The van der Waals surface area contributed by atoms with Gasteiger partial charge in [-0.15, -0.1) is 0 Å². The second-order valence-electron chi connectivity index (χ2n) is 6.89. The molecule has 1 saturated heterocycles. The van der Waals surface area contributed by atoms with Crippen molar-refractivity contribution in [2.75, 3.05) is 46.4 Å². The molecule has 27 heavy (non-hydrogen) atoms. The Morgan fingerprint density at radius 3 is 2.70 bits per heavy atom. The summed E-state index contributed by atoms with van der Waals surface area (Å²) in [6, 6.07) is 0. The number of unbranched alkanes of at least 4 members (excludes halogenated alkanes) is 3. The molecule has 1 aromatic heterocycles. The smallest absolute Gasteiger partial charge is 0.351 e. The summed E-state index contributed by atoms with van der Waals surface area (Å²) in [4.78, 5) is 16.7. The van der Waals surface area contributed by atoms with Crippen molar-refractivity contribution in [2.24, 2.45) is 0 Å². The maximum Gasteiger partial charge on any atom is 0.351 e. The molecular formula is C19H33N3O5. The van der Waals surface area contributed by atoms with Gasteiger partial charge in [-0.3, -0.25) is 4.57 Å². The number of hydrogen-bond acceptors (Lipinski definition) is 7. The topological polar surface area (TPSA) is 83.8 Å². The summed E-state index contributed by atoms with van der Waals surface area (Å²) in [6.07, 6.45) is 6.12. The summed E-state index contributed by atoms with van der Waals surface area (Å²) in [5.74, 6) is 0.642. The molecule has 1 aliphatic rings. The van der Waals surface area contributed by atoms with Gasteiger partial charge in [-0.2, -0.15) is 4.98 Å². The molecule has 1 aliphatic heterocycles. The molecule has 3 atom stereocenters. The van der Waals surface area contributed by atoms with Gasteiger partial charge in [0.1, 0.15) is 18.1 Å². The highest BCUT2D eigenvalue weighted by molar-refractivity contribution is 5.41. The van der Waals surface area contributed by atoms with E-state index in [-0.39, 0.29) is 24.1 Å². The number of rotatable bonds is 12. The van der Waals surface area contributed by atoms with Crippen molar-refractivity contribution in [3.05, 3.63) is 22.2 Å². The Labute approximate surface area is 161 Å². The maximum atomic E-state index is 12.5. The van der Waals surface area contributed by atoms with Crippen LogP contribution in [0.15, 0.2) is 11.0 Å². The van der Waals surface area contributed by atoms with Gasteiger partial charge in [0.25, 0.3) is 0 Å². The molecule has 0 radical (unpaired) electrons. The Morgan fingerprint density at radius 2 is 2.00 bits per heavy atom. The first kappa shape index (κ1) is 21.8. The predicted octanol–water partition coefficient (Wildman–Crippen LogP) is 2.12. The van der Waals surface area contributed by atoms with Gasteiger partial charge in [0.05, 0.1) is 12.7 Å². The van der Waals surface area contributed by atoms with Crippen LogP contribution in [-0.2, 0) is 18.9 Å². The summed E-state index contributed by atoms with van der Waals surface area (Å²) in [7, 11) is 4.99. The zero-order valence-electron chi connectivity index (χ0n) is 16.9. The van der Waals surface area contributed by atoms with Crippen LogP contribution in [0.5, 0.6) is 0 Å². The highest BCUT2D eigenvalue weighted by atomic mass is 16.6. The molecule has 154 valence electrons. The summed E-state index contributed by atoms with van der Waals surface area (Å²) >= 11 is 0. The first-order valence-electron chi connectivity index (χ1n) is 9.60. The lowest BCUT2D eigenvalue weighted by Crippen LogP contribution is -2.29. The minimum absolute atomic E-state index is 0.0990. The maximum absolute atomic E-state index is 12.5. The summed E-state index contributed by atoms with van der Waals surface area (Å²) in [5.41, 5.74) is 0.600. The highest BCUT2D eigenvalue weighted by Crippen LogP contribution is 2.30. The standard InChI is InChI=1S/C19H33N3O5/c1-14-12-22(17-11-15(26-4)16(27-17)13-25-3)19(23)21-18(14)20-9-7-5-6-8-10-24-2/h12,15-17H,5-11,13H2,1-4H3,(H,20,21,23). The van der Waals surface area contributed by atoms with Crippen molar-refractivity contribution in [1.82, 2.24) is 9.55 Å². The molecular weight excluding hydrogens is 350 g/mol. The van der Waals surface area contributed by atoms with E-state index in [4.69, 9.17) is 18.9 Å². The molecule has 0 aromatic carbocycles. The van der Waals surface area contributed by atoms with E-state index < -0.39 is 0 Å². The molecule has 0 spiro atoms. The van der Waals surface area contributed by atoms with E-state index in [1.165, 1.54) is 0 Å². The first-order chi connectivity index (χ1) is 13.1. The Bertz CT molecular complexity index is 622. The monoisotopic (exact) mass is 383 g/mol. The number of hydrogen-bond donors (Lipinski definition) is 1. The molecule has 0 saturated carbocycles. The fourth-order valence-electron chi connectivity index (χ4n) is 3.32. The molecule has 0 amide bonds. The zero-order chi connectivity index (χ0) is 19.6. The minimum atomic E-state index is -0.386. The number of nitrogens with one attached hydrogen (secondary N) is 1. The molecule has 2 rings (SSSR count). The highest BCUT2D eigenvalue weighted by Gasteiger charge is 2.37. The van der Waals surface area contributed by atoms with Gasteiger partial charge in [0, 0.05) is 52.7 Å². The van der Waals surface area contributed by atoms with Crippen molar-refractivity contribution >= 4 is 5.82 Å². The van der Waals surface area contributed by atoms with Crippen LogP contribution < -0.4 is 11.0 Å². The number of aromatic nitrogens is 2. The third kappa shape index (κ3) is 6.27.